The van der Waals surface area contributed by atoms with Crippen molar-refractivity contribution in [3.63, 3.8) is 0 Å². The molecule has 1 amide bonds. The van der Waals surface area contributed by atoms with E-state index in [4.69, 9.17) is 14.0 Å². The molecule has 0 aliphatic carbocycles. The van der Waals surface area contributed by atoms with Gasteiger partial charge in [0.15, 0.2) is 17.7 Å². The van der Waals surface area contributed by atoms with Crippen molar-refractivity contribution in [1.82, 2.24) is 10.1 Å². The Bertz CT molecular complexity index is 911. The summed E-state index contributed by atoms with van der Waals surface area (Å²) in [6.45, 7) is 3.97. The first-order valence-electron chi connectivity index (χ1n) is 8.36. The van der Waals surface area contributed by atoms with Crippen molar-refractivity contribution in [2.45, 2.75) is 20.0 Å². The van der Waals surface area contributed by atoms with E-state index in [1.54, 1.807) is 30.3 Å². The lowest BCUT2D eigenvalue weighted by atomic mass is 10.2. The Kier molecular flexibility index (Phi) is 5.65. The third kappa shape index (κ3) is 4.60. The number of hydrogen-bond donors (Lipinski definition) is 1. The van der Waals surface area contributed by atoms with E-state index in [9.17, 15) is 9.18 Å². The molecule has 0 radical (unpaired) electrons. The number of para-hydroxylation sites is 1. The van der Waals surface area contributed by atoms with Gasteiger partial charge >= 0.3 is 0 Å². The molecule has 0 aliphatic rings. The number of amides is 1. The van der Waals surface area contributed by atoms with Crippen LogP contribution < -0.4 is 14.8 Å². The molecule has 3 rings (SSSR count). The molecule has 0 fully saturated rings. The van der Waals surface area contributed by atoms with Crippen LogP contribution in [-0.4, -0.2) is 28.8 Å². The number of aromatic nitrogens is 2. The number of nitrogens with zero attached hydrogens (tertiary/aromatic N) is 2. The van der Waals surface area contributed by atoms with E-state index in [2.05, 4.69) is 15.5 Å². The summed E-state index contributed by atoms with van der Waals surface area (Å²) >= 11 is 0. The van der Waals surface area contributed by atoms with Crippen LogP contribution in [-0.2, 0) is 4.79 Å². The number of rotatable bonds is 7. The zero-order chi connectivity index (χ0) is 19.2. The Morgan fingerprint density at radius 3 is 2.67 bits per heavy atom. The van der Waals surface area contributed by atoms with Crippen molar-refractivity contribution < 1.29 is 23.2 Å². The smallest absolute Gasteiger partial charge is 0.270 e. The molecule has 1 unspecified atom stereocenters. The minimum atomic E-state index is -0.950. The van der Waals surface area contributed by atoms with Crippen molar-refractivity contribution in [3.8, 4) is 23.0 Å². The number of carbonyl (C=O) groups is 1. The van der Waals surface area contributed by atoms with Gasteiger partial charge in [0, 0.05) is 5.56 Å². The van der Waals surface area contributed by atoms with Gasteiger partial charge in [0.05, 0.1) is 6.61 Å². The van der Waals surface area contributed by atoms with Crippen LogP contribution in [0, 0.1) is 5.82 Å². The maximum atomic E-state index is 13.6. The van der Waals surface area contributed by atoms with E-state index in [1.807, 2.05) is 6.92 Å². The molecule has 7 nitrogen and oxygen atoms in total. The Labute approximate surface area is 155 Å². The largest absolute Gasteiger partial charge is 0.494 e. The molecule has 0 saturated heterocycles. The topological polar surface area (TPSA) is 86.5 Å². The van der Waals surface area contributed by atoms with Crippen LogP contribution in [0.4, 0.5) is 10.3 Å². The molecule has 2 aromatic carbocycles. The second-order valence-corrected chi connectivity index (χ2v) is 5.56. The number of carbonyl (C=O) groups excluding carboxylic acids is 1. The fourth-order valence-electron chi connectivity index (χ4n) is 2.25. The van der Waals surface area contributed by atoms with E-state index in [0.29, 0.717) is 12.2 Å². The van der Waals surface area contributed by atoms with Gasteiger partial charge in [-0.2, -0.15) is 4.98 Å². The summed E-state index contributed by atoms with van der Waals surface area (Å²) in [5, 5.41) is 6.20. The van der Waals surface area contributed by atoms with Crippen LogP contribution in [0.2, 0.25) is 0 Å². The monoisotopic (exact) mass is 371 g/mol. The normalized spacial score (nSPS) is 11.7. The lowest BCUT2D eigenvalue weighted by Gasteiger charge is -2.13. The van der Waals surface area contributed by atoms with E-state index >= 15 is 0 Å². The zero-order valence-electron chi connectivity index (χ0n) is 14.8. The highest BCUT2D eigenvalue weighted by molar-refractivity contribution is 5.92. The number of ether oxygens (including phenoxy) is 2. The Morgan fingerprint density at radius 1 is 1.22 bits per heavy atom. The van der Waals surface area contributed by atoms with Gasteiger partial charge < -0.3 is 14.0 Å². The summed E-state index contributed by atoms with van der Waals surface area (Å²) in [5.74, 6) is -0.118. The SMILES string of the molecule is CCOc1ccc(-c2nc(NC(=O)C(C)Oc3ccccc3F)no2)cc1. The quantitative estimate of drug-likeness (QED) is 0.682. The fourth-order valence-corrected chi connectivity index (χ4v) is 2.25. The third-order valence-electron chi connectivity index (χ3n) is 3.58. The first-order valence-corrected chi connectivity index (χ1v) is 8.36. The maximum absolute atomic E-state index is 13.6. The van der Waals surface area contributed by atoms with Gasteiger partial charge in [-0.15, -0.1) is 0 Å². The predicted molar refractivity (Wildman–Crippen MR) is 96.0 cm³/mol. The molecule has 0 bridgehead atoms. The lowest BCUT2D eigenvalue weighted by molar-refractivity contribution is -0.122. The van der Waals surface area contributed by atoms with Crippen LogP contribution >= 0.6 is 0 Å². The van der Waals surface area contributed by atoms with E-state index in [1.165, 1.54) is 25.1 Å². The molecule has 1 atom stereocenters. The second kappa shape index (κ2) is 8.31. The maximum Gasteiger partial charge on any atom is 0.270 e. The van der Waals surface area contributed by atoms with Crippen LogP contribution in [0.25, 0.3) is 11.5 Å². The van der Waals surface area contributed by atoms with Crippen molar-refractivity contribution in [3.05, 3.63) is 54.3 Å². The third-order valence-corrected chi connectivity index (χ3v) is 3.58. The minimum absolute atomic E-state index is 0.00660. The minimum Gasteiger partial charge on any atom is -0.494 e. The van der Waals surface area contributed by atoms with Gasteiger partial charge in [0.25, 0.3) is 17.7 Å². The fraction of sp³-hybridized carbons (Fsp3) is 0.211. The van der Waals surface area contributed by atoms with Crippen LogP contribution in [0.3, 0.4) is 0 Å². The van der Waals surface area contributed by atoms with Gasteiger partial charge in [0.1, 0.15) is 5.75 Å². The Morgan fingerprint density at radius 2 is 1.96 bits per heavy atom. The molecule has 1 N–H and O–H groups in total. The summed E-state index contributed by atoms with van der Waals surface area (Å²) in [5.41, 5.74) is 0.683. The first kappa shape index (κ1) is 18.4. The summed E-state index contributed by atoms with van der Waals surface area (Å²) in [6.07, 6.45) is -0.950. The molecule has 0 spiro atoms. The van der Waals surface area contributed by atoms with Gasteiger partial charge in [-0.25, -0.2) is 4.39 Å². The van der Waals surface area contributed by atoms with Crippen LogP contribution in [0.1, 0.15) is 13.8 Å². The number of nitrogens with one attached hydrogen (secondary N) is 1. The molecular formula is C19H18FN3O4. The van der Waals surface area contributed by atoms with Crippen molar-refractivity contribution in [2.24, 2.45) is 0 Å². The first-order chi connectivity index (χ1) is 13.1. The molecule has 27 heavy (non-hydrogen) atoms. The average molecular weight is 371 g/mol. The number of hydrogen-bond acceptors (Lipinski definition) is 6. The van der Waals surface area contributed by atoms with Crippen molar-refractivity contribution >= 4 is 11.9 Å². The average Bonchev–Trinajstić information content (AvgIpc) is 3.13. The van der Waals surface area contributed by atoms with E-state index < -0.39 is 17.8 Å². The van der Waals surface area contributed by atoms with Crippen LogP contribution in [0.15, 0.2) is 53.1 Å². The lowest BCUT2D eigenvalue weighted by Crippen LogP contribution is -2.30. The highest BCUT2D eigenvalue weighted by Gasteiger charge is 2.19. The summed E-state index contributed by atoms with van der Waals surface area (Å²) in [4.78, 5) is 16.3. The van der Waals surface area contributed by atoms with Gasteiger partial charge in [-0.05, 0) is 55.4 Å². The molecule has 140 valence electrons. The van der Waals surface area contributed by atoms with Crippen LogP contribution in [0.5, 0.6) is 11.5 Å². The molecular weight excluding hydrogens is 353 g/mol. The molecule has 3 aromatic rings. The van der Waals surface area contributed by atoms with Gasteiger partial charge in [-0.1, -0.05) is 12.1 Å². The molecule has 0 saturated carbocycles. The molecule has 8 heteroatoms. The molecule has 1 heterocycles. The van der Waals surface area contributed by atoms with E-state index in [0.717, 1.165) is 5.75 Å². The Hall–Kier alpha value is -3.42. The van der Waals surface area contributed by atoms with Gasteiger partial charge in [-0.3, -0.25) is 10.1 Å². The highest BCUT2D eigenvalue weighted by Crippen LogP contribution is 2.22. The predicted octanol–water partition coefficient (Wildman–Crippen LogP) is 3.68. The summed E-state index contributed by atoms with van der Waals surface area (Å²) in [7, 11) is 0. The number of halogens is 1. The molecule has 0 aliphatic heterocycles. The van der Waals surface area contributed by atoms with Gasteiger partial charge in [0.2, 0.25) is 0 Å². The number of benzene rings is 2. The highest BCUT2D eigenvalue weighted by atomic mass is 19.1. The molecule has 1 aromatic heterocycles. The number of anilines is 1. The standard InChI is InChI=1S/C19H18FN3O4/c1-3-25-14-10-8-13(9-11-14)18-22-19(23-27-18)21-17(24)12(2)26-16-7-5-4-6-15(16)20/h4-12H,3H2,1-2H3,(H,21,23,24). The van der Waals surface area contributed by atoms with E-state index in [-0.39, 0.29) is 17.6 Å². The second-order valence-electron chi connectivity index (χ2n) is 5.56. The summed E-state index contributed by atoms with van der Waals surface area (Å²) in [6, 6.07) is 13.0. The van der Waals surface area contributed by atoms with Crippen molar-refractivity contribution in [2.75, 3.05) is 11.9 Å². The Balaban J connectivity index is 1.62. The van der Waals surface area contributed by atoms with Crippen molar-refractivity contribution in [1.29, 1.82) is 0 Å². The zero-order valence-corrected chi connectivity index (χ0v) is 14.8. The summed E-state index contributed by atoms with van der Waals surface area (Å²) < 4.78 is 29.4.